The molecule has 0 amide bonds. The van der Waals surface area contributed by atoms with Crippen molar-refractivity contribution >= 4 is 37.3 Å². The van der Waals surface area contributed by atoms with E-state index in [0.29, 0.717) is 16.7 Å². The van der Waals surface area contributed by atoms with E-state index in [4.69, 9.17) is 4.74 Å². The van der Waals surface area contributed by atoms with Crippen molar-refractivity contribution in [1.82, 2.24) is 15.2 Å². The number of aromatic nitrogens is 3. The quantitative estimate of drug-likeness (QED) is 0.458. The molecule has 4 rings (SSSR count). The second-order valence-electron chi connectivity index (χ2n) is 7.94. The van der Waals surface area contributed by atoms with E-state index in [1.54, 1.807) is 46.1 Å². The van der Waals surface area contributed by atoms with Crippen molar-refractivity contribution in [3.8, 4) is 5.75 Å². The molecule has 0 aliphatic rings. The first-order valence-electron chi connectivity index (χ1n) is 9.67. The number of nitrogens with one attached hydrogen (secondary N) is 2. The maximum absolute atomic E-state index is 12.8. The van der Waals surface area contributed by atoms with E-state index < -0.39 is 26.2 Å². The molecule has 0 radical (unpaired) electrons. The molecule has 0 spiro atoms. The first-order valence-corrected chi connectivity index (χ1v) is 11.2. The van der Waals surface area contributed by atoms with Gasteiger partial charge in [-0.05, 0) is 45.0 Å². The molecule has 4 aromatic rings. The highest BCUT2D eigenvalue weighted by atomic mass is 32.2. The molecular formula is C22H24F2N4O3S. The summed E-state index contributed by atoms with van der Waals surface area (Å²) in [5.74, 6) is -1.42. The monoisotopic (exact) mass is 462 g/mol. The van der Waals surface area contributed by atoms with Gasteiger partial charge in [0.15, 0.2) is 21.5 Å². The Bertz CT molecular complexity index is 1380. The fourth-order valence-electron chi connectivity index (χ4n) is 3.02. The lowest BCUT2D eigenvalue weighted by Crippen LogP contribution is -2.28. The van der Waals surface area contributed by atoms with Crippen molar-refractivity contribution < 1.29 is 21.9 Å². The van der Waals surface area contributed by atoms with Crippen LogP contribution in [0.3, 0.4) is 0 Å². The zero-order chi connectivity index (χ0) is 23.7. The maximum atomic E-state index is 12.8. The molecule has 0 bridgehead atoms. The van der Waals surface area contributed by atoms with Gasteiger partial charge < -0.3 is 10.1 Å². The van der Waals surface area contributed by atoms with Gasteiger partial charge in [0, 0.05) is 35.8 Å². The number of anilines is 1. The van der Waals surface area contributed by atoms with Crippen molar-refractivity contribution in [2.45, 2.75) is 30.4 Å². The van der Waals surface area contributed by atoms with Crippen molar-refractivity contribution in [2.75, 3.05) is 19.5 Å². The van der Waals surface area contributed by atoms with Gasteiger partial charge in [0.2, 0.25) is 0 Å². The van der Waals surface area contributed by atoms with Gasteiger partial charge in [-0.2, -0.15) is 5.10 Å². The third-order valence-electron chi connectivity index (χ3n) is 4.90. The number of hydrogen-bond donors (Lipinski definition) is 2. The van der Waals surface area contributed by atoms with E-state index in [1.807, 2.05) is 6.07 Å². The van der Waals surface area contributed by atoms with E-state index in [9.17, 15) is 17.2 Å². The lowest BCUT2D eigenvalue weighted by molar-refractivity contribution is 0.402. The van der Waals surface area contributed by atoms with Crippen LogP contribution in [-0.4, -0.2) is 42.5 Å². The number of H-pyrrole nitrogens is 1. The molecule has 2 N–H and O–H groups in total. The molecule has 0 saturated carbocycles. The Hall–Kier alpha value is -3.27. The van der Waals surface area contributed by atoms with Gasteiger partial charge in [-0.1, -0.05) is 0 Å². The number of aromatic amines is 1. The minimum absolute atomic E-state index is 0.116. The summed E-state index contributed by atoms with van der Waals surface area (Å²) in [5, 5.41) is 10.3. The molecule has 170 valence electrons. The van der Waals surface area contributed by atoms with Crippen LogP contribution in [0.4, 0.5) is 14.5 Å². The van der Waals surface area contributed by atoms with E-state index in [2.05, 4.69) is 20.5 Å². The number of pyridine rings is 1. The van der Waals surface area contributed by atoms with Crippen LogP contribution in [0.2, 0.25) is 0 Å². The van der Waals surface area contributed by atoms with Crippen LogP contribution < -0.4 is 10.1 Å². The van der Waals surface area contributed by atoms with Gasteiger partial charge in [0.25, 0.3) is 0 Å². The third-order valence-corrected chi connectivity index (χ3v) is 7.41. The summed E-state index contributed by atoms with van der Waals surface area (Å²) in [6, 6.07) is 7.65. The van der Waals surface area contributed by atoms with Gasteiger partial charge in [-0.3, -0.25) is 10.1 Å². The summed E-state index contributed by atoms with van der Waals surface area (Å²) in [7, 11) is -0.264. The average molecular weight is 463 g/mol. The number of nitrogens with zero attached hydrogens (tertiary/aromatic N) is 2. The minimum atomic E-state index is -3.52. The van der Waals surface area contributed by atoms with Gasteiger partial charge in [-0.15, -0.1) is 0 Å². The second-order valence-corrected chi connectivity index (χ2v) is 10.6. The highest BCUT2D eigenvalue weighted by Crippen LogP contribution is 2.36. The molecule has 2 heterocycles. The fraction of sp³-hybridized carbons (Fsp3) is 0.273. The SMILES string of the molecule is CNc1ccnc2cc(OC)c(S(=O)(=O)C(C)(C)C)cc12.Fc1ccc2cn[nH]c2c1F. The predicted octanol–water partition coefficient (Wildman–Crippen LogP) is 4.70. The molecule has 0 fully saturated rings. The van der Waals surface area contributed by atoms with E-state index in [0.717, 1.165) is 17.1 Å². The molecule has 32 heavy (non-hydrogen) atoms. The maximum Gasteiger partial charge on any atom is 0.186 e. The van der Waals surface area contributed by atoms with Crippen LogP contribution in [-0.2, 0) is 9.84 Å². The normalized spacial score (nSPS) is 11.8. The molecule has 0 saturated heterocycles. The number of benzene rings is 2. The predicted molar refractivity (Wildman–Crippen MR) is 121 cm³/mol. The van der Waals surface area contributed by atoms with Crippen LogP contribution in [0, 0.1) is 11.6 Å². The number of rotatable bonds is 3. The Morgan fingerprint density at radius 1 is 1.12 bits per heavy atom. The standard InChI is InChI=1S/C15H20N2O3S.C7H4F2N2/c1-15(2,3)21(18,19)14-8-10-11(16-4)6-7-17-12(10)9-13(14)20-5;8-5-2-1-4-3-10-11-7(4)6(5)9/h6-9H,1-5H3,(H,16,17);1-3H,(H,10,11). The van der Waals surface area contributed by atoms with Gasteiger partial charge in [0.1, 0.15) is 16.2 Å². The Balaban J connectivity index is 0.000000219. The van der Waals surface area contributed by atoms with Crippen molar-refractivity contribution in [3.63, 3.8) is 0 Å². The Labute approximate surface area is 184 Å². The van der Waals surface area contributed by atoms with Crippen molar-refractivity contribution in [1.29, 1.82) is 0 Å². The number of methoxy groups -OCH3 is 1. The van der Waals surface area contributed by atoms with E-state index >= 15 is 0 Å². The van der Waals surface area contributed by atoms with Crippen LogP contribution >= 0.6 is 0 Å². The van der Waals surface area contributed by atoms with Gasteiger partial charge in [0.05, 0.1) is 23.6 Å². The Kier molecular flexibility index (Phi) is 6.36. The summed E-state index contributed by atoms with van der Waals surface area (Å²) < 4.78 is 55.2. The molecule has 2 aromatic carbocycles. The fourth-order valence-corrected chi connectivity index (χ4v) is 4.36. The molecular weight excluding hydrogens is 438 g/mol. The molecule has 2 aromatic heterocycles. The first-order chi connectivity index (χ1) is 15.0. The summed E-state index contributed by atoms with van der Waals surface area (Å²) in [5.41, 5.74) is 1.63. The van der Waals surface area contributed by atoms with Gasteiger partial charge in [-0.25, -0.2) is 17.2 Å². The van der Waals surface area contributed by atoms with Gasteiger partial charge >= 0.3 is 0 Å². The number of halogens is 2. The summed E-state index contributed by atoms with van der Waals surface area (Å²) in [4.78, 5) is 4.46. The smallest absolute Gasteiger partial charge is 0.186 e. The second kappa shape index (κ2) is 8.70. The summed E-state index contributed by atoms with van der Waals surface area (Å²) >= 11 is 0. The van der Waals surface area contributed by atoms with Crippen molar-refractivity contribution in [3.05, 3.63) is 54.4 Å². The first kappa shape index (κ1) is 23.4. The topological polar surface area (TPSA) is 97.0 Å². The van der Waals surface area contributed by atoms with Crippen LogP contribution in [0.5, 0.6) is 5.75 Å². The van der Waals surface area contributed by atoms with Crippen molar-refractivity contribution in [2.24, 2.45) is 0 Å². The molecule has 7 nitrogen and oxygen atoms in total. The highest BCUT2D eigenvalue weighted by molar-refractivity contribution is 7.92. The number of sulfone groups is 1. The number of hydrogen-bond acceptors (Lipinski definition) is 6. The highest BCUT2D eigenvalue weighted by Gasteiger charge is 2.34. The van der Waals surface area contributed by atoms with Crippen LogP contribution in [0.25, 0.3) is 21.8 Å². The lowest BCUT2D eigenvalue weighted by Gasteiger charge is -2.21. The van der Waals surface area contributed by atoms with Crippen LogP contribution in [0.1, 0.15) is 20.8 Å². The number of ether oxygens (including phenoxy) is 1. The van der Waals surface area contributed by atoms with E-state index in [1.165, 1.54) is 19.4 Å². The largest absolute Gasteiger partial charge is 0.495 e. The molecule has 10 heteroatoms. The molecule has 0 aliphatic carbocycles. The third kappa shape index (κ3) is 4.22. The molecule has 0 atom stereocenters. The summed E-state index contributed by atoms with van der Waals surface area (Å²) in [6.45, 7) is 5.02. The average Bonchev–Trinajstić information content (AvgIpc) is 3.24. The van der Waals surface area contributed by atoms with Crippen LogP contribution in [0.15, 0.2) is 47.6 Å². The summed E-state index contributed by atoms with van der Waals surface area (Å²) in [6.07, 6.45) is 3.11. The molecule has 0 unspecified atom stereocenters. The number of fused-ring (bicyclic) bond motifs is 2. The minimum Gasteiger partial charge on any atom is -0.495 e. The van der Waals surface area contributed by atoms with E-state index in [-0.39, 0.29) is 10.4 Å². The molecule has 0 aliphatic heterocycles. The Morgan fingerprint density at radius 2 is 1.84 bits per heavy atom. The zero-order valence-corrected chi connectivity index (χ0v) is 19.1. The Morgan fingerprint density at radius 3 is 2.47 bits per heavy atom. The lowest BCUT2D eigenvalue weighted by atomic mass is 10.2. The zero-order valence-electron chi connectivity index (χ0n) is 18.3.